The predicted octanol–water partition coefficient (Wildman–Crippen LogP) is 9.06. The van der Waals surface area contributed by atoms with E-state index in [9.17, 15) is 44.6 Å². The van der Waals surface area contributed by atoms with Gasteiger partial charge in [0.15, 0.2) is 6.10 Å². The Morgan fingerprint density at radius 2 is 0.864 bits per heavy atom. The fourth-order valence-corrected chi connectivity index (χ4v) is 8.26. The van der Waals surface area contributed by atoms with Gasteiger partial charge in [-0.1, -0.05) is 167 Å². The van der Waals surface area contributed by atoms with Crippen molar-refractivity contribution in [3.05, 3.63) is 12.2 Å². The van der Waals surface area contributed by atoms with Gasteiger partial charge >= 0.3 is 19.8 Å². The highest BCUT2D eigenvalue weighted by atomic mass is 31.2. The monoisotopic (exact) mass is 865 g/mol. The van der Waals surface area contributed by atoms with Crippen LogP contribution < -0.4 is 0 Å². The van der Waals surface area contributed by atoms with Crippen molar-refractivity contribution < 1.29 is 63.1 Å². The van der Waals surface area contributed by atoms with E-state index in [1.807, 2.05) is 0 Å². The highest BCUT2D eigenvalue weighted by Gasteiger charge is 2.51. The molecule has 1 rings (SSSR count). The molecule has 0 heterocycles. The van der Waals surface area contributed by atoms with E-state index >= 15 is 0 Å². The molecule has 6 N–H and O–H groups in total. The second-order valence-corrected chi connectivity index (χ2v) is 18.0. The Bertz CT molecular complexity index is 1090. The third kappa shape index (κ3) is 28.7. The Morgan fingerprint density at radius 3 is 1.31 bits per heavy atom. The van der Waals surface area contributed by atoms with E-state index in [1.165, 1.54) is 109 Å². The number of hydrogen-bond donors (Lipinski definition) is 6. The van der Waals surface area contributed by atoms with Crippen LogP contribution in [0.5, 0.6) is 0 Å². The van der Waals surface area contributed by atoms with Gasteiger partial charge in [0.05, 0.1) is 6.61 Å². The number of rotatable bonds is 39. The number of aliphatic hydroxyl groups is 5. The van der Waals surface area contributed by atoms with Crippen LogP contribution in [0.15, 0.2) is 12.2 Å². The van der Waals surface area contributed by atoms with E-state index in [0.717, 1.165) is 57.8 Å². The molecule has 0 bridgehead atoms. The smallest absolute Gasteiger partial charge is 0.462 e. The molecule has 1 saturated carbocycles. The zero-order valence-corrected chi connectivity index (χ0v) is 37.7. The Morgan fingerprint density at radius 1 is 0.508 bits per heavy atom. The van der Waals surface area contributed by atoms with E-state index in [4.69, 9.17) is 18.5 Å². The van der Waals surface area contributed by atoms with Gasteiger partial charge < -0.3 is 39.9 Å². The number of aliphatic hydroxyl groups excluding tert-OH is 5. The van der Waals surface area contributed by atoms with Crippen molar-refractivity contribution in [2.24, 2.45) is 0 Å². The van der Waals surface area contributed by atoms with E-state index in [2.05, 4.69) is 26.0 Å². The summed E-state index contributed by atoms with van der Waals surface area (Å²) < 4.78 is 33.5. The summed E-state index contributed by atoms with van der Waals surface area (Å²) in [6, 6.07) is 0. The number of carbonyl (C=O) groups excluding carboxylic acids is 2. The van der Waals surface area contributed by atoms with Crippen LogP contribution in [-0.2, 0) is 32.7 Å². The fraction of sp³-hybridized carbons (Fsp3) is 0.911. The lowest BCUT2D eigenvalue weighted by molar-refractivity contribution is -0.220. The molecule has 348 valence electrons. The molecule has 0 aromatic carbocycles. The first kappa shape index (κ1) is 55.6. The first-order chi connectivity index (χ1) is 28.4. The lowest BCUT2D eigenvalue weighted by atomic mass is 9.85. The van der Waals surface area contributed by atoms with E-state index < -0.39 is 75.7 Å². The molecule has 59 heavy (non-hydrogen) atoms. The summed E-state index contributed by atoms with van der Waals surface area (Å²) >= 11 is 0. The summed E-state index contributed by atoms with van der Waals surface area (Å²) in [4.78, 5) is 35.7. The molecule has 6 unspecified atom stereocenters. The largest absolute Gasteiger partial charge is 0.472 e. The fourth-order valence-electron chi connectivity index (χ4n) is 7.28. The van der Waals surface area contributed by atoms with Gasteiger partial charge in [0, 0.05) is 12.8 Å². The summed E-state index contributed by atoms with van der Waals surface area (Å²) in [5.74, 6) is -1.10. The molecule has 1 fully saturated rings. The van der Waals surface area contributed by atoms with Crippen molar-refractivity contribution in [2.45, 2.75) is 249 Å². The first-order valence-corrected chi connectivity index (χ1v) is 25.0. The number of phosphoric acid groups is 1. The first-order valence-electron chi connectivity index (χ1n) is 23.5. The van der Waals surface area contributed by atoms with Gasteiger partial charge in [-0.05, 0) is 38.5 Å². The molecule has 0 radical (unpaired) electrons. The molecule has 0 amide bonds. The number of hydrogen-bond acceptors (Lipinski definition) is 12. The van der Waals surface area contributed by atoms with E-state index in [-0.39, 0.29) is 12.8 Å². The summed E-state index contributed by atoms with van der Waals surface area (Å²) in [5, 5.41) is 50.1. The number of esters is 2. The second-order valence-electron chi connectivity index (χ2n) is 16.6. The molecular weight excluding hydrogens is 779 g/mol. The molecule has 13 nitrogen and oxygen atoms in total. The Labute approximate surface area is 356 Å². The topological polar surface area (TPSA) is 210 Å². The quantitative estimate of drug-likeness (QED) is 0.0148. The molecule has 1 aliphatic carbocycles. The van der Waals surface area contributed by atoms with Crippen LogP contribution >= 0.6 is 7.82 Å². The molecule has 0 aliphatic heterocycles. The predicted molar refractivity (Wildman–Crippen MR) is 231 cm³/mol. The lowest BCUT2D eigenvalue weighted by Crippen LogP contribution is -2.64. The lowest BCUT2D eigenvalue weighted by Gasteiger charge is -2.41. The average molecular weight is 865 g/mol. The van der Waals surface area contributed by atoms with Crippen molar-refractivity contribution in [2.75, 3.05) is 13.2 Å². The minimum atomic E-state index is -5.11. The second kappa shape index (κ2) is 36.1. The molecular formula is C45H85O13P. The van der Waals surface area contributed by atoms with Crippen molar-refractivity contribution in [1.29, 1.82) is 0 Å². The summed E-state index contributed by atoms with van der Waals surface area (Å²) in [7, 11) is -5.11. The highest BCUT2D eigenvalue weighted by Crippen LogP contribution is 2.47. The van der Waals surface area contributed by atoms with Gasteiger partial charge in [-0.3, -0.25) is 18.6 Å². The van der Waals surface area contributed by atoms with Crippen LogP contribution in [0.2, 0.25) is 0 Å². The van der Waals surface area contributed by atoms with Gasteiger partial charge in [-0.25, -0.2) is 4.57 Å². The maximum Gasteiger partial charge on any atom is 0.472 e. The number of unbranched alkanes of at least 4 members (excludes halogenated alkanes) is 25. The third-order valence-electron chi connectivity index (χ3n) is 11.1. The average Bonchev–Trinajstić information content (AvgIpc) is 3.21. The van der Waals surface area contributed by atoms with Gasteiger partial charge in [0.2, 0.25) is 0 Å². The van der Waals surface area contributed by atoms with Gasteiger partial charge in [0.1, 0.15) is 43.2 Å². The van der Waals surface area contributed by atoms with E-state index in [1.54, 1.807) is 0 Å². The highest BCUT2D eigenvalue weighted by molar-refractivity contribution is 7.47. The molecule has 0 aromatic heterocycles. The van der Waals surface area contributed by atoms with E-state index in [0.29, 0.717) is 12.8 Å². The van der Waals surface area contributed by atoms with Crippen molar-refractivity contribution >= 4 is 19.8 Å². The number of ether oxygens (including phenoxy) is 2. The summed E-state index contributed by atoms with van der Waals surface area (Å²) in [6.07, 6.45) is 24.1. The Kier molecular flexibility index (Phi) is 34.0. The van der Waals surface area contributed by atoms with Crippen molar-refractivity contribution in [1.82, 2.24) is 0 Å². The summed E-state index contributed by atoms with van der Waals surface area (Å²) in [6.45, 7) is 3.29. The maximum absolute atomic E-state index is 12.8. The minimum absolute atomic E-state index is 0.0905. The van der Waals surface area contributed by atoms with Crippen LogP contribution in [0.4, 0.5) is 0 Å². The molecule has 0 aromatic rings. The zero-order valence-electron chi connectivity index (χ0n) is 36.8. The number of allylic oxidation sites excluding steroid dienone is 2. The van der Waals surface area contributed by atoms with Crippen LogP contribution in [0.3, 0.4) is 0 Å². The maximum atomic E-state index is 12.8. The Hall–Kier alpha value is -1.41. The molecule has 0 saturated heterocycles. The van der Waals surface area contributed by atoms with Gasteiger partial charge in [-0.15, -0.1) is 0 Å². The minimum Gasteiger partial charge on any atom is -0.462 e. The molecule has 0 spiro atoms. The van der Waals surface area contributed by atoms with Crippen molar-refractivity contribution in [3.63, 3.8) is 0 Å². The normalized spacial score (nSPS) is 22.4. The van der Waals surface area contributed by atoms with Crippen LogP contribution in [0.1, 0.15) is 206 Å². The molecule has 1 aliphatic rings. The van der Waals surface area contributed by atoms with Crippen molar-refractivity contribution in [3.8, 4) is 0 Å². The Balaban J connectivity index is 2.43. The summed E-state index contributed by atoms with van der Waals surface area (Å²) in [5.41, 5.74) is 0. The van der Waals surface area contributed by atoms with Crippen LogP contribution in [0.25, 0.3) is 0 Å². The SMILES string of the molecule is CCCCCC/C=C\CCCCCCCC(=O)O[C@H](COC(=O)CCCCCCCCCCCCCCCCCCC)COP(=O)(O)OC1C(O)C(O)C(O)[C@@H](O)C1O. The number of phosphoric ester groups is 1. The third-order valence-corrected chi connectivity index (χ3v) is 12.1. The molecule has 14 heteroatoms. The van der Waals surface area contributed by atoms with Crippen LogP contribution in [0, 0.1) is 0 Å². The zero-order chi connectivity index (χ0) is 43.6. The van der Waals surface area contributed by atoms with Crippen LogP contribution in [-0.4, -0.2) is 98.3 Å². The van der Waals surface area contributed by atoms with Gasteiger partial charge in [0.25, 0.3) is 0 Å². The molecule has 8 atom stereocenters. The standard InChI is InChI=1S/C45H85O13P/c1-3-5-7-9-11-13-15-17-18-19-20-22-23-25-27-29-31-33-38(46)55-35-37(36-56-59(53,54)58-45-43(51)41(49)40(48)42(50)44(45)52)57-39(47)34-32-30-28-26-24-21-16-14-12-10-8-6-4-2/h14,16,37,40-45,48-52H,3-13,15,17-36H2,1-2H3,(H,53,54)/b16-14-/t37-,40?,41-,42?,43?,44?,45?/m1/s1. The number of carbonyl (C=O) groups is 2. The van der Waals surface area contributed by atoms with Gasteiger partial charge in [-0.2, -0.15) is 0 Å².